The summed E-state index contributed by atoms with van der Waals surface area (Å²) in [4.78, 5) is 18.7. The minimum atomic E-state index is -0.792. The maximum Gasteiger partial charge on any atom is 0.250 e. The molecule has 5 nitrogen and oxygen atoms in total. The highest BCUT2D eigenvalue weighted by molar-refractivity contribution is 6.02. The molecule has 33 heavy (non-hydrogen) atoms. The van der Waals surface area contributed by atoms with Gasteiger partial charge in [0, 0.05) is 56.1 Å². The Kier molecular flexibility index (Phi) is 6.14. The number of fused-ring (bicyclic) bond motifs is 1. The first-order valence-corrected chi connectivity index (χ1v) is 12.3. The third kappa shape index (κ3) is 4.38. The topological polar surface area (TPSA) is 47.6 Å². The monoisotopic (exact) mass is 450 g/mol. The van der Waals surface area contributed by atoms with Crippen molar-refractivity contribution in [2.75, 3.05) is 43.9 Å². The number of nitrogens with zero attached hydrogens (tertiary/aromatic N) is 2. The molecule has 0 aromatic heterocycles. The molecule has 1 atom stereocenters. The molecule has 0 radical (unpaired) electrons. The Balaban J connectivity index is 1.36. The highest BCUT2D eigenvalue weighted by Gasteiger charge is 2.51. The molecular weight excluding hydrogens is 415 g/mol. The van der Waals surface area contributed by atoms with Crippen LogP contribution in [0.3, 0.4) is 0 Å². The van der Waals surface area contributed by atoms with E-state index in [0.29, 0.717) is 12.0 Å². The second-order valence-corrected chi connectivity index (χ2v) is 10.2. The number of amides is 1. The lowest BCUT2D eigenvalue weighted by Gasteiger charge is -2.35. The lowest BCUT2D eigenvalue weighted by atomic mass is 9.79. The van der Waals surface area contributed by atoms with Gasteiger partial charge in [0.1, 0.15) is 11.4 Å². The van der Waals surface area contributed by atoms with E-state index in [1.807, 2.05) is 19.1 Å². The number of carbonyl (C=O) groups excluding carboxylic acids is 1. The summed E-state index contributed by atoms with van der Waals surface area (Å²) in [6.07, 6.45) is 4.66. The number of likely N-dealkylation sites (N-methyl/N-ethyl adjacent to an activating group) is 1. The van der Waals surface area contributed by atoms with Crippen molar-refractivity contribution in [3.05, 3.63) is 58.9 Å². The van der Waals surface area contributed by atoms with Crippen molar-refractivity contribution in [1.82, 2.24) is 9.80 Å². The molecule has 6 heteroatoms. The highest BCUT2D eigenvalue weighted by Crippen LogP contribution is 2.46. The molecule has 2 fully saturated rings. The molecule has 2 heterocycles. The van der Waals surface area contributed by atoms with Crippen molar-refractivity contribution in [3.63, 3.8) is 0 Å². The average Bonchev–Trinajstić information content (AvgIpc) is 3.48. The number of aryl methyl sites for hydroxylation is 1. The second kappa shape index (κ2) is 9.07. The van der Waals surface area contributed by atoms with Crippen LogP contribution < -0.4 is 10.6 Å². The van der Waals surface area contributed by atoms with Gasteiger partial charge in [-0.2, -0.15) is 0 Å². The van der Waals surface area contributed by atoms with Crippen LogP contribution in [-0.2, 0) is 17.8 Å². The number of carbonyl (C=O) groups is 1. The lowest BCUT2D eigenvalue weighted by Crippen LogP contribution is -2.53. The number of nitrogens with one attached hydrogen (secondary N) is 2. The largest absolute Gasteiger partial charge is 0.370 e. The summed E-state index contributed by atoms with van der Waals surface area (Å²) in [5.41, 5.74) is 3.69. The number of hydrogen-bond donors (Lipinski definition) is 2. The molecule has 5 rings (SSSR count). The van der Waals surface area contributed by atoms with Crippen molar-refractivity contribution >= 4 is 17.3 Å². The number of halogens is 1. The number of rotatable bonds is 5. The Hall–Kier alpha value is -2.44. The van der Waals surface area contributed by atoms with E-state index in [-0.39, 0.29) is 17.6 Å². The van der Waals surface area contributed by atoms with E-state index >= 15 is 0 Å². The normalized spacial score (nSPS) is 24.0. The summed E-state index contributed by atoms with van der Waals surface area (Å²) < 4.78 is 14.7. The van der Waals surface area contributed by atoms with Crippen LogP contribution in [0.5, 0.6) is 0 Å². The van der Waals surface area contributed by atoms with Crippen LogP contribution in [0.4, 0.5) is 15.8 Å². The SMILES string of the molecule is Cc1ccc(F)c2c1NC(C(=O)Nc1cccc(CN3CCN(C)CC3)c1)(C1CCCC1)C2. The molecule has 1 saturated carbocycles. The molecule has 0 bridgehead atoms. The summed E-state index contributed by atoms with van der Waals surface area (Å²) in [7, 11) is 2.16. The fourth-order valence-electron chi connectivity index (χ4n) is 5.87. The predicted octanol–water partition coefficient (Wildman–Crippen LogP) is 4.42. The molecule has 3 aliphatic rings. The van der Waals surface area contributed by atoms with Gasteiger partial charge in [0.15, 0.2) is 0 Å². The highest BCUT2D eigenvalue weighted by atomic mass is 19.1. The fourth-order valence-corrected chi connectivity index (χ4v) is 5.87. The van der Waals surface area contributed by atoms with Gasteiger partial charge in [-0.3, -0.25) is 9.69 Å². The zero-order chi connectivity index (χ0) is 23.0. The Morgan fingerprint density at radius 2 is 1.91 bits per heavy atom. The van der Waals surface area contributed by atoms with Gasteiger partial charge in [0.05, 0.1) is 0 Å². The van der Waals surface area contributed by atoms with E-state index in [2.05, 4.69) is 39.6 Å². The third-order valence-corrected chi connectivity index (χ3v) is 7.91. The van der Waals surface area contributed by atoms with Crippen molar-refractivity contribution in [2.24, 2.45) is 5.92 Å². The van der Waals surface area contributed by atoms with Crippen LogP contribution in [-0.4, -0.2) is 54.5 Å². The van der Waals surface area contributed by atoms with Crippen LogP contribution >= 0.6 is 0 Å². The molecule has 2 aliphatic heterocycles. The molecular formula is C27H35FN4O. The van der Waals surface area contributed by atoms with Crippen LogP contribution in [0.15, 0.2) is 36.4 Å². The maximum absolute atomic E-state index is 14.7. The zero-order valence-corrected chi connectivity index (χ0v) is 19.8. The summed E-state index contributed by atoms with van der Waals surface area (Å²) in [5, 5.41) is 6.75. The number of benzene rings is 2. The van der Waals surface area contributed by atoms with Crippen LogP contribution in [0.2, 0.25) is 0 Å². The van der Waals surface area contributed by atoms with Crippen molar-refractivity contribution in [1.29, 1.82) is 0 Å². The van der Waals surface area contributed by atoms with Crippen LogP contribution in [0, 0.1) is 18.7 Å². The lowest BCUT2D eigenvalue weighted by molar-refractivity contribution is -0.121. The molecule has 1 amide bonds. The Bertz CT molecular complexity index is 994. The standard InChI is InChI=1S/C27H35FN4O/c1-19-10-11-24(28)23-17-27(30-25(19)23,21-7-3-4-8-21)26(33)29-22-9-5-6-20(16-22)18-32-14-12-31(2)13-15-32/h5-6,9-11,16,21,30H,3-4,7-8,12-15,17-18H2,1-2H3,(H,29,33). The first-order valence-electron chi connectivity index (χ1n) is 12.3. The van der Waals surface area contributed by atoms with E-state index in [4.69, 9.17) is 0 Å². The summed E-state index contributed by atoms with van der Waals surface area (Å²) in [6.45, 7) is 7.16. The van der Waals surface area contributed by atoms with Gasteiger partial charge in [-0.1, -0.05) is 31.0 Å². The number of anilines is 2. The van der Waals surface area contributed by atoms with E-state index in [0.717, 1.165) is 75.3 Å². The number of hydrogen-bond acceptors (Lipinski definition) is 4. The molecule has 0 spiro atoms. The van der Waals surface area contributed by atoms with Crippen molar-refractivity contribution in [2.45, 2.75) is 51.1 Å². The fraction of sp³-hybridized carbons (Fsp3) is 0.519. The molecule has 1 aliphatic carbocycles. The maximum atomic E-state index is 14.7. The minimum Gasteiger partial charge on any atom is -0.370 e. The Labute approximate surface area is 196 Å². The van der Waals surface area contributed by atoms with Crippen molar-refractivity contribution in [3.8, 4) is 0 Å². The van der Waals surface area contributed by atoms with Gasteiger partial charge >= 0.3 is 0 Å². The molecule has 2 aromatic carbocycles. The van der Waals surface area contributed by atoms with Gasteiger partial charge in [0.25, 0.3) is 5.91 Å². The predicted molar refractivity (Wildman–Crippen MR) is 131 cm³/mol. The van der Waals surface area contributed by atoms with Crippen LogP contribution in [0.1, 0.15) is 42.4 Å². The first-order chi connectivity index (χ1) is 15.9. The van der Waals surface area contributed by atoms with E-state index < -0.39 is 5.54 Å². The number of piperazine rings is 1. The molecule has 1 saturated heterocycles. The van der Waals surface area contributed by atoms with E-state index in [1.54, 1.807) is 6.07 Å². The van der Waals surface area contributed by atoms with Crippen molar-refractivity contribution < 1.29 is 9.18 Å². The van der Waals surface area contributed by atoms with E-state index in [1.165, 1.54) is 11.6 Å². The third-order valence-electron chi connectivity index (χ3n) is 7.91. The molecule has 2 N–H and O–H groups in total. The van der Waals surface area contributed by atoms with Gasteiger partial charge in [-0.05, 0) is 62.1 Å². The smallest absolute Gasteiger partial charge is 0.250 e. The molecule has 2 aromatic rings. The van der Waals surface area contributed by atoms with Gasteiger partial charge in [-0.25, -0.2) is 4.39 Å². The summed E-state index contributed by atoms with van der Waals surface area (Å²) in [5.74, 6) is -0.0525. The Morgan fingerprint density at radius 3 is 2.64 bits per heavy atom. The van der Waals surface area contributed by atoms with Crippen LogP contribution in [0.25, 0.3) is 0 Å². The minimum absolute atomic E-state index is 0.0406. The summed E-state index contributed by atoms with van der Waals surface area (Å²) in [6, 6.07) is 11.5. The van der Waals surface area contributed by atoms with Gasteiger partial charge in [0.2, 0.25) is 0 Å². The second-order valence-electron chi connectivity index (χ2n) is 10.2. The van der Waals surface area contributed by atoms with E-state index in [9.17, 15) is 9.18 Å². The first kappa shape index (κ1) is 22.4. The average molecular weight is 451 g/mol. The summed E-state index contributed by atoms with van der Waals surface area (Å²) >= 11 is 0. The molecule has 176 valence electrons. The van der Waals surface area contributed by atoms with Gasteiger partial charge < -0.3 is 15.5 Å². The van der Waals surface area contributed by atoms with Gasteiger partial charge in [-0.15, -0.1) is 0 Å². The molecule has 1 unspecified atom stereocenters. The Morgan fingerprint density at radius 1 is 1.15 bits per heavy atom. The zero-order valence-electron chi connectivity index (χ0n) is 19.8. The quantitative estimate of drug-likeness (QED) is 0.708.